The smallest absolute Gasteiger partial charge is 0.254 e. The average molecular weight is 278 g/mol. The first kappa shape index (κ1) is 14.4. The molecule has 1 heterocycles. The molecule has 1 unspecified atom stereocenters. The lowest BCUT2D eigenvalue weighted by Gasteiger charge is -2.28. The van der Waals surface area contributed by atoms with Crippen LogP contribution in [0.2, 0.25) is 0 Å². The van der Waals surface area contributed by atoms with Crippen LogP contribution in [0.3, 0.4) is 0 Å². The minimum Gasteiger partial charge on any atom is -0.334 e. The molecule has 3 nitrogen and oxygen atoms in total. The molecule has 19 heavy (non-hydrogen) atoms. The van der Waals surface area contributed by atoms with Gasteiger partial charge in [-0.15, -0.1) is 11.8 Å². The monoisotopic (exact) mass is 278 g/mol. The van der Waals surface area contributed by atoms with E-state index in [1.807, 2.05) is 35.4 Å². The summed E-state index contributed by atoms with van der Waals surface area (Å²) in [6.45, 7) is 4.91. The topological polar surface area (TPSA) is 32.3 Å². The van der Waals surface area contributed by atoms with Gasteiger partial charge in [-0.25, -0.2) is 0 Å². The van der Waals surface area contributed by atoms with E-state index >= 15 is 0 Å². The summed E-state index contributed by atoms with van der Waals surface area (Å²) in [5, 5.41) is 3.34. The quantitative estimate of drug-likeness (QED) is 0.840. The molecule has 1 aromatic rings. The molecular formula is C15H22N2OS. The maximum Gasteiger partial charge on any atom is 0.254 e. The van der Waals surface area contributed by atoms with Gasteiger partial charge < -0.3 is 10.2 Å². The van der Waals surface area contributed by atoms with Gasteiger partial charge >= 0.3 is 0 Å². The number of benzene rings is 1. The number of carbonyl (C=O) groups is 1. The first-order valence-electron chi connectivity index (χ1n) is 6.92. The number of hydrogen-bond donors (Lipinski definition) is 1. The SMILES string of the molecule is CCCN(C(=O)c1ccc(SC)cc1)C1CCNC1. The number of amides is 1. The Bertz CT molecular complexity index is 413. The molecule has 1 aromatic carbocycles. The maximum absolute atomic E-state index is 12.6. The number of nitrogens with one attached hydrogen (secondary N) is 1. The summed E-state index contributed by atoms with van der Waals surface area (Å²) in [4.78, 5) is 15.8. The Balaban J connectivity index is 2.12. The van der Waals surface area contributed by atoms with Crippen molar-refractivity contribution in [2.75, 3.05) is 25.9 Å². The van der Waals surface area contributed by atoms with Gasteiger partial charge in [-0.2, -0.15) is 0 Å². The first-order valence-corrected chi connectivity index (χ1v) is 8.14. The predicted octanol–water partition coefficient (Wildman–Crippen LogP) is 2.62. The highest BCUT2D eigenvalue weighted by atomic mass is 32.2. The summed E-state index contributed by atoms with van der Waals surface area (Å²) in [5.41, 5.74) is 0.804. The molecule has 4 heteroatoms. The van der Waals surface area contributed by atoms with Crippen LogP contribution in [-0.2, 0) is 0 Å². The molecule has 2 rings (SSSR count). The van der Waals surface area contributed by atoms with E-state index in [0.29, 0.717) is 6.04 Å². The van der Waals surface area contributed by atoms with Crippen molar-refractivity contribution >= 4 is 17.7 Å². The lowest BCUT2D eigenvalue weighted by molar-refractivity contribution is 0.0692. The maximum atomic E-state index is 12.6. The van der Waals surface area contributed by atoms with E-state index in [1.54, 1.807) is 11.8 Å². The molecule has 104 valence electrons. The van der Waals surface area contributed by atoms with Crippen LogP contribution in [0.5, 0.6) is 0 Å². The van der Waals surface area contributed by atoms with Crippen LogP contribution in [0.4, 0.5) is 0 Å². The van der Waals surface area contributed by atoms with E-state index in [-0.39, 0.29) is 5.91 Å². The van der Waals surface area contributed by atoms with Crippen LogP contribution in [0.15, 0.2) is 29.2 Å². The van der Waals surface area contributed by atoms with Gasteiger partial charge in [0.25, 0.3) is 5.91 Å². The van der Waals surface area contributed by atoms with Gasteiger partial charge in [0.1, 0.15) is 0 Å². The first-order chi connectivity index (χ1) is 9.26. The van der Waals surface area contributed by atoms with Gasteiger partial charge in [0.2, 0.25) is 0 Å². The van der Waals surface area contributed by atoms with Crippen LogP contribution in [0, 0.1) is 0 Å². The van der Waals surface area contributed by atoms with Gasteiger partial charge in [0.05, 0.1) is 0 Å². The number of rotatable bonds is 5. The Kier molecular flexibility index (Phi) is 5.28. The predicted molar refractivity (Wildman–Crippen MR) is 80.8 cm³/mol. The molecule has 1 N–H and O–H groups in total. The lowest BCUT2D eigenvalue weighted by atomic mass is 10.1. The molecule has 0 bridgehead atoms. The molecule has 0 spiro atoms. The van der Waals surface area contributed by atoms with Crippen LogP contribution >= 0.6 is 11.8 Å². The van der Waals surface area contributed by atoms with E-state index in [4.69, 9.17) is 0 Å². The molecule has 1 aliphatic heterocycles. The van der Waals surface area contributed by atoms with Crippen molar-refractivity contribution in [3.63, 3.8) is 0 Å². The third-order valence-corrected chi connectivity index (χ3v) is 4.28. The van der Waals surface area contributed by atoms with Crippen molar-refractivity contribution in [1.29, 1.82) is 0 Å². The molecule has 1 amide bonds. The summed E-state index contributed by atoms with van der Waals surface area (Å²) in [6, 6.07) is 8.29. The third kappa shape index (κ3) is 3.51. The van der Waals surface area contributed by atoms with Crippen LogP contribution in [-0.4, -0.2) is 42.7 Å². The Hall–Kier alpha value is -1.00. The summed E-state index contributed by atoms with van der Waals surface area (Å²) >= 11 is 1.70. The van der Waals surface area contributed by atoms with E-state index in [9.17, 15) is 4.79 Å². The highest BCUT2D eigenvalue weighted by Crippen LogP contribution is 2.18. The fourth-order valence-corrected chi connectivity index (χ4v) is 2.90. The molecule has 1 saturated heterocycles. The molecule has 0 aromatic heterocycles. The lowest BCUT2D eigenvalue weighted by Crippen LogP contribution is -2.42. The summed E-state index contributed by atoms with van der Waals surface area (Å²) in [5.74, 6) is 0.170. The normalized spacial score (nSPS) is 18.5. The van der Waals surface area contributed by atoms with E-state index in [1.165, 1.54) is 4.90 Å². The second-order valence-electron chi connectivity index (χ2n) is 4.87. The third-order valence-electron chi connectivity index (χ3n) is 3.54. The van der Waals surface area contributed by atoms with Crippen molar-refractivity contribution in [2.24, 2.45) is 0 Å². The molecular weight excluding hydrogens is 256 g/mol. The molecule has 0 radical (unpaired) electrons. The average Bonchev–Trinajstić information content (AvgIpc) is 2.98. The van der Waals surface area contributed by atoms with Gasteiger partial charge in [-0.05, 0) is 49.9 Å². The molecule has 0 saturated carbocycles. The Morgan fingerprint density at radius 1 is 1.42 bits per heavy atom. The van der Waals surface area contributed by atoms with Crippen molar-refractivity contribution in [3.05, 3.63) is 29.8 Å². The summed E-state index contributed by atoms with van der Waals surface area (Å²) in [7, 11) is 0. The fraction of sp³-hybridized carbons (Fsp3) is 0.533. The van der Waals surface area contributed by atoms with Crippen molar-refractivity contribution in [2.45, 2.75) is 30.7 Å². The largest absolute Gasteiger partial charge is 0.334 e. The molecule has 0 aliphatic carbocycles. The second-order valence-corrected chi connectivity index (χ2v) is 5.75. The molecule has 1 fully saturated rings. The highest BCUT2D eigenvalue weighted by molar-refractivity contribution is 7.98. The van der Waals surface area contributed by atoms with Crippen molar-refractivity contribution in [3.8, 4) is 0 Å². The van der Waals surface area contributed by atoms with Gasteiger partial charge in [0, 0.05) is 29.6 Å². The van der Waals surface area contributed by atoms with E-state index < -0.39 is 0 Å². The zero-order valence-electron chi connectivity index (χ0n) is 11.7. The van der Waals surface area contributed by atoms with Gasteiger partial charge in [-0.3, -0.25) is 4.79 Å². The zero-order valence-corrected chi connectivity index (χ0v) is 12.5. The van der Waals surface area contributed by atoms with Gasteiger partial charge in [-0.1, -0.05) is 6.92 Å². The van der Waals surface area contributed by atoms with E-state index in [0.717, 1.165) is 38.0 Å². The van der Waals surface area contributed by atoms with Crippen molar-refractivity contribution < 1.29 is 4.79 Å². The fourth-order valence-electron chi connectivity index (χ4n) is 2.50. The second kappa shape index (κ2) is 6.96. The Morgan fingerprint density at radius 3 is 2.68 bits per heavy atom. The van der Waals surface area contributed by atoms with Crippen LogP contribution < -0.4 is 5.32 Å². The number of thioether (sulfide) groups is 1. The molecule has 1 atom stereocenters. The summed E-state index contributed by atoms with van der Waals surface area (Å²) < 4.78 is 0. The van der Waals surface area contributed by atoms with Gasteiger partial charge in [0.15, 0.2) is 0 Å². The van der Waals surface area contributed by atoms with Crippen LogP contribution in [0.25, 0.3) is 0 Å². The van der Waals surface area contributed by atoms with Crippen LogP contribution in [0.1, 0.15) is 30.1 Å². The number of hydrogen-bond acceptors (Lipinski definition) is 3. The minimum atomic E-state index is 0.170. The highest BCUT2D eigenvalue weighted by Gasteiger charge is 2.26. The zero-order chi connectivity index (χ0) is 13.7. The van der Waals surface area contributed by atoms with Crippen molar-refractivity contribution in [1.82, 2.24) is 10.2 Å². The number of carbonyl (C=O) groups excluding carboxylic acids is 1. The minimum absolute atomic E-state index is 0.170. The summed E-state index contributed by atoms with van der Waals surface area (Å²) in [6.07, 6.45) is 4.12. The van der Waals surface area contributed by atoms with E-state index in [2.05, 4.69) is 12.2 Å². The molecule has 1 aliphatic rings. The Labute approximate surface area is 119 Å². The number of nitrogens with zero attached hydrogens (tertiary/aromatic N) is 1. The Morgan fingerprint density at radius 2 is 2.16 bits per heavy atom. The standard InChI is InChI=1S/C15H22N2OS/c1-3-10-17(13-8-9-16-11-13)15(18)12-4-6-14(19-2)7-5-12/h4-7,13,16H,3,8-11H2,1-2H3.